The van der Waals surface area contributed by atoms with E-state index in [1.165, 1.54) is 11.3 Å². The molecule has 1 atom stereocenters. The highest BCUT2D eigenvalue weighted by Crippen LogP contribution is 2.41. The van der Waals surface area contributed by atoms with Gasteiger partial charge in [-0.05, 0) is 37.8 Å². The first-order valence-corrected chi connectivity index (χ1v) is 9.19. The molecule has 1 spiro atoms. The largest absolute Gasteiger partial charge is 0.325 e. The molecule has 1 unspecified atom stereocenters. The second-order valence-electron chi connectivity index (χ2n) is 6.59. The third-order valence-electron chi connectivity index (χ3n) is 5.00. The molecule has 2 aliphatic rings. The normalized spacial score (nSPS) is 21.2. The van der Waals surface area contributed by atoms with E-state index in [1.807, 2.05) is 38.1 Å². The lowest BCUT2D eigenvalue weighted by atomic mass is 9.92. The molecule has 2 N–H and O–H groups in total. The number of aryl methyl sites for hydroxylation is 3. The van der Waals surface area contributed by atoms with Crippen molar-refractivity contribution >= 4 is 34.3 Å². The van der Waals surface area contributed by atoms with Gasteiger partial charge < -0.3 is 10.6 Å². The Balaban J connectivity index is 1.52. The third kappa shape index (κ3) is 2.48. The number of imide groups is 1. The molecule has 1 saturated heterocycles. The number of thiazole rings is 1. The van der Waals surface area contributed by atoms with Gasteiger partial charge in [0, 0.05) is 4.88 Å². The molecule has 2 aromatic rings. The zero-order valence-electron chi connectivity index (χ0n) is 14.5. The molecule has 0 bridgehead atoms. The highest BCUT2D eigenvalue weighted by atomic mass is 32.1. The van der Waals surface area contributed by atoms with Crippen LogP contribution in [0.25, 0.3) is 0 Å². The van der Waals surface area contributed by atoms with Crippen molar-refractivity contribution in [2.75, 3.05) is 11.9 Å². The van der Waals surface area contributed by atoms with Crippen molar-refractivity contribution in [2.24, 2.45) is 0 Å². The minimum Gasteiger partial charge on any atom is -0.319 e. The van der Waals surface area contributed by atoms with E-state index < -0.39 is 17.5 Å². The number of carbonyl (C=O) groups excluding carboxylic acids is 3. The lowest BCUT2D eigenvalue weighted by molar-refractivity contribution is -0.134. The summed E-state index contributed by atoms with van der Waals surface area (Å²) in [6.07, 6.45) is 1.24. The van der Waals surface area contributed by atoms with E-state index in [9.17, 15) is 14.4 Å². The van der Waals surface area contributed by atoms with Gasteiger partial charge >= 0.3 is 6.03 Å². The van der Waals surface area contributed by atoms with Gasteiger partial charge in [0.1, 0.15) is 12.1 Å². The summed E-state index contributed by atoms with van der Waals surface area (Å²) < 4.78 is 0. The summed E-state index contributed by atoms with van der Waals surface area (Å²) in [6, 6.07) is 7.07. The average Bonchev–Trinajstić information content (AvgIpc) is 3.20. The predicted molar refractivity (Wildman–Crippen MR) is 96.9 cm³/mol. The van der Waals surface area contributed by atoms with Gasteiger partial charge in [-0.2, -0.15) is 0 Å². The van der Waals surface area contributed by atoms with Gasteiger partial charge in [0.2, 0.25) is 5.91 Å². The van der Waals surface area contributed by atoms with Crippen molar-refractivity contribution in [3.8, 4) is 0 Å². The number of fused-ring (bicyclic) bond motifs is 2. The van der Waals surface area contributed by atoms with Crippen LogP contribution in [-0.4, -0.2) is 34.3 Å². The van der Waals surface area contributed by atoms with Crippen molar-refractivity contribution < 1.29 is 14.4 Å². The van der Waals surface area contributed by atoms with Crippen LogP contribution in [0.15, 0.2) is 24.3 Å². The number of aromatic nitrogens is 1. The van der Waals surface area contributed by atoms with Crippen molar-refractivity contribution in [1.82, 2.24) is 15.2 Å². The molecule has 2 heterocycles. The SMILES string of the molecule is Cc1nc(NC(=O)CN2C(=O)NC3(CCc4ccccc43)C2=O)sc1C. The fourth-order valence-corrected chi connectivity index (χ4v) is 4.39. The smallest absolute Gasteiger partial charge is 0.319 e. The molecule has 7 nitrogen and oxygen atoms in total. The van der Waals surface area contributed by atoms with E-state index in [1.54, 1.807) is 0 Å². The second kappa shape index (κ2) is 5.91. The van der Waals surface area contributed by atoms with Crippen LogP contribution in [0.5, 0.6) is 0 Å². The Labute approximate surface area is 154 Å². The topological polar surface area (TPSA) is 91.4 Å². The highest BCUT2D eigenvalue weighted by Gasteiger charge is 2.55. The number of rotatable bonds is 3. The maximum absolute atomic E-state index is 13.0. The van der Waals surface area contributed by atoms with Crippen molar-refractivity contribution in [1.29, 1.82) is 0 Å². The summed E-state index contributed by atoms with van der Waals surface area (Å²) in [6.45, 7) is 3.45. The Bertz CT molecular complexity index is 919. The van der Waals surface area contributed by atoms with Gasteiger partial charge in [0.25, 0.3) is 5.91 Å². The summed E-state index contributed by atoms with van der Waals surface area (Å²) in [4.78, 5) is 44.0. The van der Waals surface area contributed by atoms with Crippen LogP contribution in [0, 0.1) is 13.8 Å². The second-order valence-corrected chi connectivity index (χ2v) is 7.80. The first-order valence-electron chi connectivity index (χ1n) is 8.37. The number of hydrogen-bond acceptors (Lipinski definition) is 5. The van der Waals surface area contributed by atoms with E-state index in [0.29, 0.717) is 11.6 Å². The van der Waals surface area contributed by atoms with Crippen LogP contribution < -0.4 is 10.6 Å². The summed E-state index contributed by atoms with van der Waals surface area (Å²) in [5.41, 5.74) is 1.69. The highest BCUT2D eigenvalue weighted by molar-refractivity contribution is 7.15. The van der Waals surface area contributed by atoms with Crippen LogP contribution in [-0.2, 0) is 21.5 Å². The molecule has 4 rings (SSSR count). The molecule has 1 aromatic carbocycles. The molecule has 0 radical (unpaired) electrons. The maximum atomic E-state index is 13.0. The number of hydrogen-bond donors (Lipinski definition) is 2. The fraction of sp³-hybridized carbons (Fsp3) is 0.333. The zero-order valence-corrected chi connectivity index (χ0v) is 15.3. The van der Waals surface area contributed by atoms with Crippen molar-refractivity contribution in [2.45, 2.75) is 32.2 Å². The summed E-state index contributed by atoms with van der Waals surface area (Å²) >= 11 is 1.36. The summed E-state index contributed by atoms with van der Waals surface area (Å²) in [5, 5.41) is 5.95. The number of nitrogens with one attached hydrogen (secondary N) is 2. The standard InChI is InChI=1S/C18H18N4O3S/c1-10-11(2)26-16(19-10)20-14(23)9-22-15(24)18(21-17(22)25)8-7-12-5-3-4-6-13(12)18/h3-6H,7-9H2,1-2H3,(H,21,25)(H,19,20,23). The van der Waals surface area contributed by atoms with Crippen LogP contribution in [0.3, 0.4) is 0 Å². The van der Waals surface area contributed by atoms with Crippen molar-refractivity contribution in [3.05, 3.63) is 46.0 Å². The van der Waals surface area contributed by atoms with Crippen LogP contribution in [0.4, 0.5) is 9.93 Å². The monoisotopic (exact) mass is 370 g/mol. The molecule has 134 valence electrons. The van der Waals surface area contributed by atoms with E-state index in [2.05, 4.69) is 15.6 Å². The zero-order chi connectivity index (χ0) is 18.5. The molecule has 0 saturated carbocycles. The molecule has 1 aromatic heterocycles. The predicted octanol–water partition coefficient (Wildman–Crippen LogP) is 2.09. The fourth-order valence-electron chi connectivity index (χ4n) is 3.56. The van der Waals surface area contributed by atoms with Gasteiger partial charge in [0.15, 0.2) is 5.13 Å². The van der Waals surface area contributed by atoms with Gasteiger partial charge in [-0.3, -0.25) is 14.5 Å². The molecule has 4 amide bonds. The number of amides is 4. The number of anilines is 1. The minimum absolute atomic E-state index is 0.327. The molecular weight excluding hydrogens is 352 g/mol. The number of carbonyl (C=O) groups is 3. The minimum atomic E-state index is -1.04. The molecule has 1 aliphatic carbocycles. The summed E-state index contributed by atoms with van der Waals surface area (Å²) in [5.74, 6) is -0.806. The van der Waals surface area contributed by atoms with E-state index in [-0.39, 0.29) is 12.5 Å². The first-order chi connectivity index (χ1) is 12.4. The Kier molecular flexibility index (Phi) is 3.80. The third-order valence-corrected chi connectivity index (χ3v) is 5.99. The van der Waals surface area contributed by atoms with E-state index >= 15 is 0 Å². The Morgan fingerprint density at radius 1 is 1.35 bits per heavy atom. The van der Waals surface area contributed by atoms with Gasteiger partial charge in [-0.15, -0.1) is 11.3 Å². The molecular formula is C18H18N4O3S. The average molecular weight is 370 g/mol. The molecule has 8 heteroatoms. The van der Waals surface area contributed by atoms with E-state index in [0.717, 1.165) is 33.0 Å². The number of nitrogens with zero attached hydrogens (tertiary/aromatic N) is 2. The Morgan fingerprint density at radius 2 is 2.12 bits per heavy atom. The summed E-state index contributed by atoms with van der Waals surface area (Å²) in [7, 11) is 0. The molecule has 1 fully saturated rings. The Morgan fingerprint density at radius 3 is 2.85 bits per heavy atom. The van der Waals surface area contributed by atoms with Crippen LogP contribution in [0.2, 0.25) is 0 Å². The Hall–Kier alpha value is -2.74. The van der Waals surface area contributed by atoms with Gasteiger partial charge in [0.05, 0.1) is 5.69 Å². The lowest BCUT2D eigenvalue weighted by Crippen LogP contribution is -2.42. The van der Waals surface area contributed by atoms with Crippen molar-refractivity contribution in [3.63, 3.8) is 0 Å². The van der Waals surface area contributed by atoms with Crippen LogP contribution >= 0.6 is 11.3 Å². The lowest BCUT2D eigenvalue weighted by Gasteiger charge is -2.22. The number of urea groups is 1. The maximum Gasteiger partial charge on any atom is 0.325 e. The molecule has 1 aliphatic heterocycles. The van der Waals surface area contributed by atoms with Gasteiger partial charge in [-0.1, -0.05) is 24.3 Å². The van der Waals surface area contributed by atoms with E-state index in [4.69, 9.17) is 0 Å². The molecule has 26 heavy (non-hydrogen) atoms. The van der Waals surface area contributed by atoms with Gasteiger partial charge in [-0.25, -0.2) is 9.78 Å². The van der Waals surface area contributed by atoms with Crippen LogP contribution in [0.1, 0.15) is 28.1 Å². The number of benzene rings is 1. The quantitative estimate of drug-likeness (QED) is 0.810. The first kappa shape index (κ1) is 16.7.